The fraction of sp³-hybridized carbons (Fsp3) is 0.200. The summed E-state index contributed by atoms with van der Waals surface area (Å²) in [7, 11) is 3.11. The minimum atomic E-state index is -0.541. The average Bonchev–Trinajstić information content (AvgIpc) is 3.46. The monoisotopic (exact) mass is 576 g/mol. The Morgan fingerprint density at radius 3 is 2.59 bits per heavy atom. The van der Waals surface area contributed by atoms with Gasteiger partial charge in [0, 0.05) is 28.0 Å². The molecule has 0 spiro atoms. The van der Waals surface area contributed by atoms with Crippen molar-refractivity contribution in [2.75, 3.05) is 18.2 Å². The third-order valence-corrected chi connectivity index (χ3v) is 7.66. The van der Waals surface area contributed by atoms with E-state index >= 15 is 0 Å². The second kappa shape index (κ2) is 12.0. The molecule has 192 valence electrons. The van der Waals surface area contributed by atoms with Crippen molar-refractivity contribution in [2.24, 2.45) is 7.05 Å². The molecule has 8 nitrogen and oxygen atoms in total. The molecule has 2 heterocycles. The molecule has 37 heavy (non-hydrogen) atoms. The van der Waals surface area contributed by atoms with Crippen molar-refractivity contribution < 1.29 is 19.1 Å². The maximum absolute atomic E-state index is 12.8. The molecule has 0 bridgehead atoms. The van der Waals surface area contributed by atoms with Gasteiger partial charge in [-0.05, 0) is 42.8 Å². The Balaban J connectivity index is 1.43. The maximum Gasteiger partial charge on any atom is 0.341 e. The van der Waals surface area contributed by atoms with Gasteiger partial charge in [-0.1, -0.05) is 53.2 Å². The Bertz CT molecular complexity index is 1420. The molecule has 1 N–H and O–H groups in total. The van der Waals surface area contributed by atoms with E-state index in [2.05, 4.69) is 15.5 Å². The number of carbonyl (C=O) groups is 2. The normalized spacial score (nSPS) is 11.7. The number of nitrogens with one attached hydrogen (secondary N) is 1. The summed E-state index contributed by atoms with van der Waals surface area (Å²) in [5.74, 6) is 0.437. The molecule has 2 aromatic heterocycles. The number of nitrogens with zero attached hydrogens (tertiary/aromatic N) is 3. The first-order valence-corrected chi connectivity index (χ1v) is 13.6. The molecule has 2 aromatic carbocycles. The lowest BCUT2D eigenvalue weighted by Crippen LogP contribution is -2.16. The predicted octanol–water partition coefficient (Wildman–Crippen LogP) is 6.51. The lowest BCUT2D eigenvalue weighted by molar-refractivity contribution is -0.113. The minimum absolute atomic E-state index is 0.0598. The summed E-state index contributed by atoms with van der Waals surface area (Å²) >= 11 is 14.5. The van der Waals surface area contributed by atoms with Gasteiger partial charge in [-0.25, -0.2) is 4.79 Å². The first-order chi connectivity index (χ1) is 17.8. The third kappa shape index (κ3) is 6.45. The molecule has 4 aromatic rings. The zero-order valence-corrected chi connectivity index (χ0v) is 23.2. The van der Waals surface area contributed by atoms with Crippen LogP contribution < -0.4 is 10.1 Å². The highest BCUT2D eigenvalue weighted by Crippen LogP contribution is 2.37. The highest BCUT2D eigenvalue weighted by Gasteiger charge is 2.23. The average molecular weight is 578 g/mol. The number of methoxy groups -OCH3 is 1. The molecule has 1 atom stereocenters. The highest BCUT2D eigenvalue weighted by atomic mass is 35.5. The summed E-state index contributed by atoms with van der Waals surface area (Å²) in [6.07, 6.45) is -0.390. The Morgan fingerprint density at radius 1 is 1.14 bits per heavy atom. The van der Waals surface area contributed by atoms with Crippen LogP contribution in [0.15, 0.2) is 59.1 Å². The van der Waals surface area contributed by atoms with Gasteiger partial charge in [0.15, 0.2) is 17.1 Å². The summed E-state index contributed by atoms with van der Waals surface area (Å²) in [5, 5.41) is 15.2. The highest BCUT2D eigenvalue weighted by molar-refractivity contribution is 7.99. The van der Waals surface area contributed by atoms with Crippen molar-refractivity contribution in [1.29, 1.82) is 0 Å². The SMILES string of the molecule is COC(=O)c1c(-c2ccc(Cl)cc2)csc1NC(=O)CSc1nnc(C(C)Oc2cccc(Cl)c2)n1C. The molecule has 0 aliphatic rings. The number of halogens is 2. The van der Waals surface area contributed by atoms with Crippen LogP contribution in [0.2, 0.25) is 10.0 Å². The van der Waals surface area contributed by atoms with Gasteiger partial charge in [-0.15, -0.1) is 21.5 Å². The number of thiophene rings is 1. The number of carbonyl (C=O) groups excluding carboxylic acids is 2. The molecule has 1 amide bonds. The van der Waals surface area contributed by atoms with Gasteiger partial charge in [-0.3, -0.25) is 4.79 Å². The Hall–Kier alpha value is -3.05. The number of hydrogen-bond acceptors (Lipinski definition) is 8. The van der Waals surface area contributed by atoms with Crippen molar-refractivity contribution in [3.8, 4) is 16.9 Å². The summed E-state index contributed by atoms with van der Waals surface area (Å²) in [6, 6.07) is 14.2. The molecule has 0 aliphatic carbocycles. The summed E-state index contributed by atoms with van der Waals surface area (Å²) in [6.45, 7) is 1.86. The number of thioether (sulfide) groups is 1. The van der Waals surface area contributed by atoms with E-state index in [1.807, 2.05) is 13.0 Å². The van der Waals surface area contributed by atoms with E-state index in [9.17, 15) is 9.59 Å². The topological polar surface area (TPSA) is 95.3 Å². The molecule has 0 radical (unpaired) electrons. The summed E-state index contributed by atoms with van der Waals surface area (Å²) in [4.78, 5) is 25.3. The Kier molecular flexibility index (Phi) is 8.75. The van der Waals surface area contributed by atoms with E-state index in [-0.39, 0.29) is 17.8 Å². The van der Waals surface area contributed by atoms with Crippen LogP contribution in [0.25, 0.3) is 11.1 Å². The molecule has 0 fully saturated rings. The number of amides is 1. The van der Waals surface area contributed by atoms with E-state index in [0.29, 0.717) is 42.9 Å². The second-order valence-electron chi connectivity index (χ2n) is 7.81. The van der Waals surface area contributed by atoms with E-state index in [1.165, 1.54) is 30.2 Å². The second-order valence-corrected chi connectivity index (χ2v) is 10.5. The maximum atomic E-state index is 12.8. The van der Waals surface area contributed by atoms with Crippen LogP contribution in [-0.2, 0) is 16.6 Å². The van der Waals surface area contributed by atoms with Gasteiger partial charge < -0.3 is 19.4 Å². The minimum Gasteiger partial charge on any atom is -0.483 e. The van der Waals surface area contributed by atoms with E-state index in [4.69, 9.17) is 32.7 Å². The summed E-state index contributed by atoms with van der Waals surface area (Å²) < 4.78 is 12.7. The van der Waals surface area contributed by atoms with Crippen molar-refractivity contribution in [3.05, 3.63) is 75.3 Å². The number of ether oxygens (including phenoxy) is 2. The van der Waals surface area contributed by atoms with Gasteiger partial charge >= 0.3 is 5.97 Å². The zero-order chi connectivity index (χ0) is 26.5. The molecule has 0 saturated carbocycles. The number of anilines is 1. The van der Waals surface area contributed by atoms with Crippen LogP contribution in [0, 0.1) is 0 Å². The molecule has 12 heteroatoms. The fourth-order valence-corrected chi connectivity index (χ4v) is 5.49. The first kappa shape index (κ1) is 27.0. The van der Waals surface area contributed by atoms with Gasteiger partial charge in [0.25, 0.3) is 0 Å². The summed E-state index contributed by atoms with van der Waals surface area (Å²) in [5.41, 5.74) is 1.74. The third-order valence-electron chi connectivity index (χ3n) is 5.26. The van der Waals surface area contributed by atoms with Crippen molar-refractivity contribution >= 4 is 63.2 Å². The van der Waals surface area contributed by atoms with Crippen LogP contribution in [0.5, 0.6) is 5.75 Å². The number of aromatic nitrogens is 3. The fourth-order valence-electron chi connectivity index (χ4n) is 3.49. The number of benzene rings is 2. The molecular formula is C25H22Cl2N4O4S2. The van der Waals surface area contributed by atoms with Crippen molar-refractivity contribution in [1.82, 2.24) is 14.8 Å². The van der Waals surface area contributed by atoms with Crippen LogP contribution >= 0.6 is 46.3 Å². The van der Waals surface area contributed by atoms with Crippen LogP contribution in [0.3, 0.4) is 0 Å². The van der Waals surface area contributed by atoms with Crippen LogP contribution in [0.4, 0.5) is 5.00 Å². The molecule has 0 aliphatic heterocycles. The predicted molar refractivity (Wildman–Crippen MR) is 147 cm³/mol. The Labute approximate surface area is 231 Å². The molecular weight excluding hydrogens is 555 g/mol. The molecule has 4 rings (SSSR count). The zero-order valence-electron chi connectivity index (χ0n) is 20.0. The van der Waals surface area contributed by atoms with Gasteiger partial charge in [0.1, 0.15) is 16.3 Å². The smallest absolute Gasteiger partial charge is 0.341 e. The van der Waals surface area contributed by atoms with Crippen LogP contribution in [-0.4, -0.2) is 39.5 Å². The van der Waals surface area contributed by atoms with Crippen molar-refractivity contribution in [3.63, 3.8) is 0 Å². The number of hydrogen-bond donors (Lipinski definition) is 1. The Morgan fingerprint density at radius 2 is 1.89 bits per heavy atom. The molecule has 0 saturated heterocycles. The standard InChI is InChI=1S/C25H22Cl2N4O4S2/c1-14(35-18-6-4-5-17(27)11-18)22-29-30-25(31(22)2)37-13-20(32)28-23-21(24(33)34-3)19(12-36-23)15-7-9-16(26)10-8-15/h4-12,14H,13H2,1-3H3,(H,28,32). The van der Waals surface area contributed by atoms with Gasteiger partial charge in [-0.2, -0.15) is 0 Å². The number of rotatable bonds is 9. The van der Waals surface area contributed by atoms with Gasteiger partial charge in [0.2, 0.25) is 5.91 Å². The first-order valence-electron chi connectivity index (χ1n) is 11.0. The quantitative estimate of drug-likeness (QED) is 0.179. The van der Waals surface area contributed by atoms with E-state index < -0.39 is 5.97 Å². The van der Waals surface area contributed by atoms with Crippen LogP contribution in [0.1, 0.15) is 29.2 Å². The largest absolute Gasteiger partial charge is 0.483 e. The lowest BCUT2D eigenvalue weighted by atomic mass is 10.0. The van der Waals surface area contributed by atoms with Gasteiger partial charge in [0.05, 0.1) is 12.9 Å². The van der Waals surface area contributed by atoms with Crippen molar-refractivity contribution in [2.45, 2.75) is 18.2 Å². The number of esters is 1. The van der Waals surface area contributed by atoms with E-state index in [1.54, 1.807) is 59.5 Å². The lowest BCUT2D eigenvalue weighted by Gasteiger charge is -2.14. The van der Waals surface area contributed by atoms with E-state index in [0.717, 1.165) is 5.56 Å². The molecule has 1 unspecified atom stereocenters.